The van der Waals surface area contributed by atoms with Crippen molar-refractivity contribution in [1.29, 1.82) is 0 Å². The molecule has 1 N–H and O–H groups in total. The number of nitrogens with one attached hydrogen (secondary N) is 1. The molecule has 1 aliphatic rings. The van der Waals surface area contributed by atoms with Crippen LogP contribution in [-0.4, -0.2) is 18.2 Å². The maximum Gasteiger partial charge on any atom is 0.0752 e. The summed E-state index contributed by atoms with van der Waals surface area (Å²) in [6.45, 7) is 4.26. The van der Waals surface area contributed by atoms with E-state index in [4.69, 9.17) is 4.74 Å². The van der Waals surface area contributed by atoms with Crippen molar-refractivity contribution in [3.63, 3.8) is 0 Å². The molecule has 0 aromatic heterocycles. The lowest BCUT2D eigenvalue weighted by Gasteiger charge is -2.16. The van der Waals surface area contributed by atoms with E-state index in [-0.39, 0.29) is 0 Å². The molecule has 2 rings (SSSR count). The molecule has 0 aliphatic carbocycles. The Hall–Kier alpha value is -1.02. The van der Waals surface area contributed by atoms with Crippen LogP contribution >= 0.6 is 0 Å². The van der Waals surface area contributed by atoms with E-state index in [2.05, 4.69) is 31.3 Å². The highest BCUT2D eigenvalue weighted by molar-refractivity contribution is 5.43. The second-order valence-corrected chi connectivity index (χ2v) is 4.00. The third kappa shape index (κ3) is 2.07. The van der Waals surface area contributed by atoms with Gasteiger partial charge in [-0.1, -0.05) is 18.2 Å². The first-order valence-electron chi connectivity index (χ1n) is 5.23. The summed E-state index contributed by atoms with van der Waals surface area (Å²) in [6, 6.07) is 10.8. The number of ether oxygens (including phenoxy) is 1. The average Bonchev–Trinajstić information content (AvgIpc) is 2.47. The third-order valence-corrected chi connectivity index (χ3v) is 2.73. The summed E-state index contributed by atoms with van der Waals surface area (Å²) in [6.07, 6.45) is 1.78. The van der Waals surface area contributed by atoms with E-state index >= 15 is 0 Å². The molecule has 1 aromatic rings. The molecule has 3 atom stereocenters. The van der Waals surface area contributed by atoms with Gasteiger partial charge in [0.1, 0.15) is 0 Å². The second kappa shape index (κ2) is 4.01. The van der Waals surface area contributed by atoms with Crippen molar-refractivity contribution in [3.05, 3.63) is 30.3 Å². The zero-order valence-electron chi connectivity index (χ0n) is 8.73. The van der Waals surface area contributed by atoms with Crippen LogP contribution in [0, 0.1) is 0 Å². The highest BCUT2D eigenvalue weighted by atomic mass is 16.5. The molecule has 0 spiro atoms. The van der Waals surface area contributed by atoms with Crippen molar-refractivity contribution < 1.29 is 4.74 Å². The summed E-state index contributed by atoms with van der Waals surface area (Å²) in [7, 11) is 0. The van der Waals surface area contributed by atoms with Crippen LogP contribution in [0.1, 0.15) is 20.3 Å². The Labute approximate surface area is 85.3 Å². The lowest BCUT2D eigenvalue weighted by atomic mass is 10.1. The fourth-order valence-corrected chi connectivity index (χ4v) is 1.99. The fourth-order valence-electron chi connectivity index (χ4n) is 1.99. The Bertz CT molecular complexity index is 286. The van der Waals surface area contributed by atoms with Gasteiger partial charge in [0.2, 0.25) is 0 Å². The summed E-state index contributed by atoms with van der Waals surface area (Å²) < 4.78 is 5.68. The minimum absolute atomic E-state index is 0.310. The van der Waals surface area contributed by atoms with Crippen molar-refractivity contribution in [3.8, 4) is 0 Å². The normalized spacial score (nSPS) is 31.7. The molecular weight excluding hydrogens is 174 g/mol. The van der Waals surface area contributed by atoms with Crippen LogP contribution in [-0.2, 0) is 4.74 Å². The molecule has 76 valence electrons. The maximum atomic E-state index is 5.68. The van der Waals surface area contributed by atoms with Crippen molar-refractivity contribution in [2.24, 2.45) is 0 Å². The van der Waals surface area contributed by atoms with Gasteiger partial charge < -0.3 is 10.1 Å². The molecule has 1 heterocycles. The molecule has 1 fully saturated rings. The number of anilines is 1. The zero-order valence-corrected chi connectivity index (χ0v) is 8.73. The fraction of sp³-hybridized carbons (Fsp3) is 0.500. The van der Waals surface area contributed by atoms with E-state index in [1.54, 1.807) is 0 Å². The summed E-state index contributed by atoms with van der Waals surface area (Å²) >= 11 is 0. The van der Waals surface area contributed by atoms with Crippen LogP contribution < -0.4 is 5.32 Å². The number of hydrogen-bond donors (Lipinski definition) is 1. The first kappa shape index (κ1) is 9.53. The average molecular weight is 191 g/mol. The quantitative estimate of drug-likeness (QED) is 0.776. The van der Waals surface area contributed by atoms with E-state index < -0.39 is 0 Å². The van der Waals surface area contributed by atoms with Gasteiger partial charge >= 0.3 is 0 Å². The minimum Gasteiger partial charge on any atom is -0.380 e. The lowest BCUT2D eigenvalue weighted by molar-refractivity contribution is 0.0650. The van der Waals surface area contributed by atoms with Gasteiger partial charge in [0.25, 0.3) is 0 Å². The predicted octanol–water partition coefficient (Wildman–Crippen LogP) is 2.66. The summed E-state index contributed by atoms with van der Waals surface area (Å²) in [4.78, 5) is 0. The lowest BCUT2D eigenvalue weighted by Crippen LogP contribution is -2.26. The van der Waals surface area contributed by atoms with E-state index in [0.29, 0.717) is 18.2 Å². The van der Waals surface area contributed by atoms with Gasteiger partial charge in [-0.15, -0.1) is 0 Å². The topological polar surface area (TPSA) is 21.3 Å². The Morgan fingerprint density at radius 2 is 1.93 bits per heavy atom. The number of para-hydroxylation sites is 1. The van der Waals surface area contributed by atoms with E-state index in [1.165, 1.54) is 5.69 Å². The standard InChI is InChI=1S/C12H17NO/c1-9-8-12(10(2)14-9)13-11-6-4-3-5-7-11/h3-7,9-10,12-13H,8H2,1-2H3. The predicted molar refractivity (Wildman–Crippen MR) is 58.5 cm³/mol. The van der Waals surface area contributed by atoms with Gasteiger partial charge in [0.15, 0.2) is 0 Å². The van der Waals surface area contributed by atoms with E-state index in [9.17, 15) is 0 Å². The van der Waals surface area contributed by atoms with E-state index in [1.807, 2.05) is 18.2 Å². The third-order valence-electron chi connectivity index (χ3n) is 2.73. The molecule has 0 amide bonds. The Morgan fingerprint density at radius 1 is 1.21 bits per heavy atom. The first-order valence-corrected chi connectivity index (χ1v) is 5.23. The molecule has 1 saturated heterocycles. The summed E-state index contributed by atoms with van der Waals surface area (Å²) in [5.74, 6) is 0. The molecule has 1 aromatic carbocycles. The number of benzene rings is 1. The molecule has 0 saturated carbocycles. The molecular formula is C12H17NO. The summed E-state index contributed by atoms with van der Waals surface area (Å²) in [5.41, 5.74) is 1.18. The van der Waals surface area contributed by atoms with Gasteiger partial charge in [-0.25, -0.2) is 0 Å². The van der Waals surface area contributed by atoms with Gasteiger partial charge in [-0.2, -0.15) is 0 Å². The maximum absolute atomic E-state index is 5.68. The van der Waals surface area contributed by atoms with E-state index in [0.717, 1.165) is 6.42 Å². The monoisotopic (exact) mass is 191 g/mol. The molecule has 0 radical (unpaired) electrons. The van der Waals surface area contributed by atoms with Crippen molar-refractivity contribution >= 4 is 5.69 Å². The molecule has 2 nitrogen and oxygen atoms in total. The zero-order chi connectivity index (χ0) is 9.97. The molecule has 3 unspecified atom stereocenters. The van der Waals surface area contributed by atoms with Crippen molar-refractivity contribution in [2.45, 2.75) is 38.5 Å². The molecule has 1 aliphatic heterocycles. The van der Waals surface area contributed by atoms with Crippen LogP contribution in [0.25, 0.3) is 0 Å². The SMILES string of the molecule is CC1CC(Nc2ccccc2)C(C)O1. The smallest absolute Gasteiger partial charge is 0.0752 e. The minimum atomic E-state index is 0.310. The van der Waals surface area contributed by atoms with Crippen LogP contribution in [0.5, 0.6) is 0 Å². The Balaban J connectivity index is 1.98. The summed E-state index contributed by atoms with van der Waals surface area (Å²) in [5, 5.41) is 3.50. The highest BCUT2D eigenvalue weighted by Gasteiger charge is 2.28. The van der Waals surface area contributed by atoms with Crippen LogP contribution in [0.4, 0.5) is 5.69 Å². The van der Waals surface area contributed by atoms with Gasteiger partial charge in [-0.3, -0.25) is 0 Å². The van der Waals surface area contributed by atoms with Gasteiger partial charge in [0, 0.05) is 5.69 Å². The highest BCUT2D eigenvalue weighted by Crippen LogP contribution is 2.23. The van der Waals surface area contributed by atoms with Crippen molar-refractivity contribution in [2.75, 3.05) is 5.32 Å². The number of rotatable bonds is 2. The van der Waals surface area contributed by atoms with Crippen LogP contribution in [0.3, 0.4) is 0 Å². The number of hydrogen-bond acceptors (Lipinski definition) is 2. The Kier molecular flexibility index (Phi) is 2.73. The van der Waals surface area contributed by atoms with Gasteiger partial charge in [-0.05, 0) is 32.4 Å². The molecule has 0 bridgehead atoms. The Morgan fingerprint density at radius 3 is 2.50 bits per heavy atom. The molecule has 2 heteroatoms. The van der Waals surface area contributed by atoms with Crippen LogP contribution in [0.2, 0.25) is 0 Å². The van der Waals surface area contributed by atoms with Gasteiger partial charge in [0.05, 0.1) is 18.2 Å². The van der Waals surface area contributed by atoms with Crippen LogP contribution in [0.15, 0.2) is 30.3 Å². The largest absolute Gasteiger partial charge is 0.380 e. The second-order valence-electron chi connectivity index (χ2n) is 4.00. The van der Waals surface area contributed by atoms with Crippen molar-refractivity contribution in [1.82, 2.24) is 0 Å². The first-order chi connectivity index (χ1) is 6.75. The molecule has 14 heavy (non-hydrogen) atoms.